The number of hydrogen-bond acceptors (Lipinski definition) is 8. The lowest BCUT2D eigenvalue weighted by atomic mass is 10.1. The molecule has 0 bridgehead atoms. The van der Waals surface area contributed by atoms with Gasteiger partial charge in [-0.1, -0.05) is 13.3 Å². The Balaban J connectivity index is 1.94. The number of hydrogen-bond donors (Lipinski definition) is 1. The van der Waals surface area contributed by atoms with Gasteiger partial charge in [0.2, 0.25) is 0 Å². The van der Waals surface area contributed by atoms with Crippen LogP contribution in [-0.2, 0) is 33.4 Å². The lowest BCUT2D eigenvalue weighted by molar-refractivity contribution is -0.166. The minimum atomic E-state index is -3.84. The lowest BCUT2D eigenvalue weighted by Gasteiger charge is -2.17. The molecule has 10 heteroatoms. The largest absolute Gasteiger partial charge is 0.509 e. The lowest BCUT2D eigenvalue weighted by Crippen LogP contribution is -2.39. The fraction of sp³-hybridized carbons (Fsp3) is 0.909. The van der Waals surface area contributed by atoms with Gasteiger partial charge >= 0.3 is 16.5 Å². The van der Waals surface area contributed by atoms with Gasteiger partial charge in [-0.15, -0.1) is 0 Å². The van der Waals surface area contributed by atoms with Gasteiger partial charge in [0, 0.05) is 13.2 Å². The molecule has 1 N–H and O–H groups in total. The van der Waals surface area contributed by atoms with Crippen molar-refractivity contribution in [3.05, 3.63) is 0 Å². The molecule has 1 unspecified atom stereocenters. The fourth-order valence-electron chi connectivity index (χ4n) is 2.09. The maximum atomic E-state index is 11.2. The van der Waals surface area contributed by atoms with E-state index in [1.165, 1.54) is 0 Å². The molecule has 2 fully saturated rings. The number of rotatable bonds is 8. The Morgan fingerprint density at radius 3 is 2.67 bits per heavy atom. The monoisotopic (exact) mass is 325 g/mol. The highest BCUT2D eigenvalue weighted by atomic mass is 32.2. The molecule has 21 heavy (non-hydrogen) atoms. The highest BCUT2D eigenvalue weighted by Gasteiger charge is 2.54. The quantitative estimate of drug-likeness (QED) is 0.487. The van der Waals surface area contributed by atoms with E-state index in [0.29, 0.717) is 6.61 Å². The number of nitrogens with one attached hydrogen (secondary N) is 1. The van der Waals surface area contributed by atoms with E-state index in [0.717, 1.165) is 20.0 Å². The van der Waals surface area contributed by atoms with Crippen LogP contribution in [0.4, 0.5) is 4.79 Å². The summed E-state index contributed by atoms with van der Waals surface area (Å²) in [6, 6.07) is 0. The van der Waals surface area contributed by atoms with Crippen LogP contribution in [0.2, 0.25) is 0 Å². The number of fused-ring (bicyclic) bond motifs is 1. The van der Waals surface area contributed by atoms with E-state index in [1.807, 2.05) is 6.92 Å². The molecule has 9 nitrogen and oxygen atoms in total. The molecular formula is C11H19NO8S. The molecule has 0 aliphatic carbocycles. The number of carbonyl (C=O) groups excluding carboxylic acids is 1. The van der Waals surface area contributed by atoms with Crippen LogP contribution in [0.25, 0.3) is 0 Å². The van der Waals surface area contributed by atoms with E-state index < -0.39 is 41.1 Å². The summed E-state index contributed by atoms with van der Waals surface area (Å²) in [5, 5.41) is 0. The average molecular weight is 325 g/mol. The minimum Gasteiger partial charge on any atom is -0.424 e. The first-order chi connectivity index (χ1) is 9.96. The van der Waals surface area contributed by atoms with Gasteiger partial charge in [0.25, 0.3) is 0 Å². The van der Waals surface area contributed by atoms with Gasteiger partial charge in [0.05, 0.1) is 7.11 Å². The Bertz CT molecular complexity index is 467. The molecule has 2 rings (SSSR count). The normalized spacial score (nSPS) is 31.8. The standard InChI is InChI=1S/C11H19NO8S/c1-3-4-5-17-10-9-8(19-11(13)20-9)7(18-10)6-12-21(14,15)16-2/h7-10,12H,3-6H2,1-2H3/t7?,8-,9-,10-/m1/s1. The van der Waals surface area contributed by atoms with Gasteiger partial charge in [-0.25, -0.2) is 4.79 Å². The molecule has 0 aromatic carbocycles. The third-order valence-corrected chi connectivity index (χ3v) is 4.15. The summed E-state index contributed by atoms with van der Waals surface area (Å²) in [6.07, 6.45) is -1.86. The molecule has 2 aliphatic heterocycles. The zero-order chi connectivity index (χ0) is 15.5. The van der Waals surface area contributed by atoms with Crippen molar-refractivity contribution in [1.29, 1.82) is 0 Å². The SMILES string of the molecule is CCCCO[C@@H]1OC(CNS(=O)(=O)OC)[C@H]2OC(=O)O[C@@H]12. The van der Waals surface area contributed by atoms with Crippen LogP contribution in [0.1, 0.15) is 19.8 Å². The number of unbranched alkanes of at least 4 members (excludes halogenated alkanes) is 1. The zero-order valence-corrected chi connectivity index (χ0v) is 12.6. The van der Waals surface area contributed by atoms with Gasteiger partial charge < -0.3 is 18.9 Å². The van der Waals surface area contributed by atoms with E-state index in [9.17, 15) is 13.2 Å². The first-order valence-electron chi connectivity index (χ1n) is 6.66. The van der Waals surface area contributed by atoms with Crippen molar-refractivity contribution >= 4 is 16.5 Å². The van der Waals surface area contributed by atoms with Crippen molar-refractivity contribution in [1.82, 2.24) is 4.72 Å². The Morgan fingerprint density at radius 1 is 1.29 bits per heavy atom. The van der Waals surface area contributed by atoms with Crippen LogP contribution in [-0.4, -0.2) is 59.4 Å². The topological polar surface area (TPSA) is 109 Å². The predicted octanol–water partition coefficient (Wildman–Crippen LogP) is -0.0872. The second-order valence-corrected chi connectivity index (χ2v) is 6.18. The molecule has 0 saturated carbocycles. The summed E-state index contributed by atoms with van der Waals surface area (Å²) < 4.78 is 50.0. The molecule has 2 heterocycles. The van der Waals surface area contributed by atoms with Crippen molar-refractivity contribution in [3.63, 3.8) is 0 Å². The molecule has 4 atom stereocenters. The molecule has 0 aromatic rings. The summed E-state index contributed by atoms with van der Waals surface area (Å²) in [7, 11) is -2.80. The minimum absolute atomic E-state index is 0.110. The summed E-state index contributed by atoms with van der Waals surface area (Å²) in [5.74, 6) is 0. The van der Waals surface area contributed by atoms with Gasteiger partial charge in [-0.3, -0.25) is 4.18 Å². The second kappa shape index (κ2) is 6.88. The van der Waals surface area contributed by atoms with Crippen LogP contribution >= 0.6 is 0 Å². The van der Waals surface area contributed by atoms with E-state index in [1.54, 1.807) is 0 Å². The molecule has 0 spiro atoms. The molecule has 0 radical (unpaired) electrons. The predicted molar refractivity (Wildman–Crippen MR) is 68.6 cm³/mol. The van der Waals surface area contributed by atoms with Crippen LogP contribution in [0.5, 0.6) is 0 Å². The van der Waals surface area contributed by atoms with Crippen LogP contribution in [0.15, 0.2) is 0 Å². The Morgan fingerprint density at radius 2 is 2.00 bits per heavy atom. The maximum absolute atomic E-state index is 11.2. The first kappa shape index (κ1) is 16.4. The van der Waals surface area contributed by atoms with E-state index in [4.69, 9.17) is 18.9 Å². The fourth-order valence-corrected chi connectivity index (χ4v) is 2.58. The molecule has 2 saturated heterocycles. The van der Waals surface area contributed by atoms with E-state index >= 15 is 0 Å². The summed E-state index contributed by atoms with van der Waals surface area (Å²) in [4.78, 5) is 11.2. The van der Waals surface area contributed by atoms with Crippen LogP contribution in [0, 0.1) is 0 Å². The van der Waals surface area contributed by atoms with Gasteiger partial charge in [0.15, 0.2) is 18.5 Å². The molecule has 0 amide bonds. The maximum Gasteiger partial charge on any atom is 0.509 e. The molecule has 2 aliphatic rings. The van der Waals surface area contributed by atoms with E-state index in [2.05, 4.69) is 8.91 Å². The van der Waals surface area contributed by atoms with Gasteiger partial charge in [0.1, 0.15) is 6.10 Å². The Hall–Kier alpha value is -0.940. The van der Waals surface area contributed by atoms with Crippen LogP contribution in [0.3, 0.4) is 0 Å². The van der Waals surface area contributed by atoms with Gasteiger partial charge in [-0.2, -0.15) is 13.1 Å². The first-order valence-corrected chi connectivity index (χ1v) is 8.07. The molecule has 122 valence electrons. The highest BCUT2D eigenvalue weighted by molar-refractivity contribution is 7.84. The van der Waals surface area contributed by atoms with Crippen molar-refractivity contribution in [2.75, 3.05) is 20.3 Å². The zero-order valence-electron chi connectivity index (χ0n) is 11.8. The summed E-state index contributed by atoms with van der Waals surface area (Å²) in [5.41, 5.74) is 0. The number of ether oxygens (including phenoxy) is 4. The van der Waals surface area contributed by atoms with Crippen molar-refractivity contribution < 1.29 is 36.3 Å². The molecular weight excluding hydrogens is 306 g/mol. The third kappa shape index (κ3) is 4.04. The Labute approximate surface area is 123 Å². The van der Waals surface area contributed by atoms with Crippen LogP contribution < -0.4 is 4.72 Å². The van der Waals surface area contributed by atoms with Crippen molar-refractivity contribution in [2.45, 2.75) is 44.4 Å². The summed E-state index contributed by atoms with van der Waals surface area (Å²) in [6.45, 7) is 2.36. The smallest absolute Gasteiger partial charge is 0.424 e. The summed E-state index contributed by atoms with van der Waals surface area (Å²) >= 11 is 0. The van der Waals surface area contributed by atoms with E-state index in [-0.39, 0.29) is 6.54 Å². The average Bonchev–Trinajstić information content (AvgIpc) is 2.96. The Kier molecular flexibility index (Phi) is 5.38. The highest BCUT2D eigenvalue weighted by Crippen LogP contribution is 2.32. The number of carbonyl (C=O) groups is 1. The second-order valence-electron chi connectivity index (χ2n) is 4.65. The third-order valence-electron chi connectivity index (χ3n) is 3.19. The van der Waals surface area contributed by atoms with Crippen molar-refractivity contribution in [2.24, 2.45) is 0 Å². The van der Waals surface area contributed by atoms with Gasteiger partial charge in [-0.05, 0) is 6.42 Å². The molecule has 0 aromatic heterocycles. The van der Waals surface area contributed by atoms with Crippen molar-refractivity contribution in [3.8, 4) is 0 Å².